The maximum atomic E-state index is 9.33. The van der Waals surface area contributed by atoms with E-state index in [-0.39, 0.29) is 5.92 Å². The smallest absolute Gasteiger partial charge is 0.119 e. The van der Waals surface area contributed by atoms with Gasteiger partial charge in [-0.1, -0.05) is 29.8 Å². The Hall–Kier alpha value is -2.47. The first-order valence-electron chi connectivity index (χ1n) is 6.96. The molecular formula is C18H19NO2. The highest BCUT2D eigenvalue weighted by Gasteiger charge is 2.11. The SMILES string of the molecule is COc1cccc(C(C#N)CCOc2ccc(C)cc2)c1. The summed E-state index contributed by atoms with van der Waals surface area (Å²) in [5, 5.41) is 9.33. The van der Waals surface area contributed by atoms with E-state index in [2.05, 4.69) is 6.07 Å². The summed E-state index contributed by atoms with van der Waals surface area (Å²) in [5.41, 5.74) is 2.16. The van der Waals surface area contributed by atoms with Crippen LogP contribution in [0.25, 0.3) is 0 Å². The van der Waals surface area contributed by atoms with Crippen LogP contribution in [0.1, 0.15) is 23.5 Å². The highest BCUT2D eigenvalue weighted by Crippen LogP contribution is 2.23. The molecule has 108 valence electrons. The van der Waals surface area contributed by atoms with Gasteiger partial charge < -0.3 is 9.47 Å². The Morgan fingerprint density at radius 3 is 2.52 bits per heavy atom. The first-order valence-corrected chi connectivity index (χ1v) is 6.96. The number of benzene rings is 2. The molecule has 0 spiro atoms. The molecule has 0 fully saturated rings. The van der Waals surface area contributed by atoms with Crippen LogP contribution in [0.4, 0.5) is 0 Å². The summed E-state index contributed by atoms with van der Waals surface area (Å²) >= 11 is 0. The Morgan fingerprint density at radius 1 is 1.10 bits per heavy atom. The van der Waals surface area contributed by atoms with E-state index in [1.807, 2.05) is 55.5 Å². The molecule has 1 atom stereocenters. The number of hydrogen-bond acceptors (Lipinski definition) is 3. The summed E-state index contributed by atoms with van der Waals surface area (Å²) in [5.74, 6) is 1.42. The molecule has 1 unspecified atom stereocenters. The molecule has 0 aromatic heterocycles. The van der Waals surface area contributed by atoms with Crippen molar-refractivity contribution in [3.63, 3.8) is 0 Å². The largest absolute Gasteiger partial charge is 0.497 e. The van der Waals surface area contributed by atoms with Crippen LogP contribution in [-0.2, 0) is 0 Å². The summed E-state index contributed by atoms with van der Waals surface area (Å²) in [4.78, 5) is 0. The Bertz CT molecular complexity index is 614. The standard InChI is InChI=1S/C18H19NO2/c1-14-6-8-17(9-7-14)21-11-10-16(13-19)15-4-3-5-18(12-15)20-2/h3-9,12,16H,10-11H2,1-2H3. The van der Waals surface area contributed by atoms with Crippen LogP contribution >= 0.6 is 0 Å². The molecular weight excluding hydrogens is 262 g/mol. The number of nitriles is 1. The van der Waals surface area contributed by atoms with E-state index in [4.69, 9.17) is 9.47 Å². The highest BCUT2D eigenvalue weighted by molar-refractivity contribution is 5.33. The van der Waals surface area contributed by atoms with Gasteiger partial charge >= 0.3 is 0 Å². The zero-order valence-corrected chi connectivity index (χ0v) is 12.4. The molecule has 0 saturated carbocycles. The van der Waals surface area contributed by atoms with Gasteiger partial charge in [0.25, 0.3) is 0 Å². The first kappa shape index (κ1) is 14.9. The van der Waals surface area contributed by atoms with Crippen LogP contribution in [0.5, 0.6) is 11.5 Å². The molecule has 0 saturated heterocycles. The van der Waals surface area contributed by atoms with E-state index in [9.17, 15) is 5.26 Å². The number of aryl methyl sites for hydroxylation is 1. The summed E-state index contributed by atoms with van der Waals surface area (Å²) in [7, 11) is 1.63. The predicted molar refractivity (Wildman–Crippen MR) is 82.6 cm³/mol. The minimum absolute atomic E-state index is 0.189. The van der Waals surface area contributed by atoms with E-state index in [1.165, 1.54) is 5.56 Å². The van der Waals surface area contributed by atoms with Crippen LogP contribution in [0.3, 0.4) is 0 Å². The summed E-state index contributed by atoms with van der Waals surface area (Å²) in [6.07, 6.45) is 0.650. The van der Waals surface area contributed by atoms with Gasteiger partial charge in [-0.2, -0.15) is 5.26 Å². The topological polar surface area (TPSA) is 42.2 Å². The second-order valence-electron chi connectivity index (χ2n) is 4.91. The Kier molecular flexibility index (Phi) is 5.22. The maximum Gasteiger partial charge on any atom is 0.119 e. The Balaban J connectivity index is 1.93. The summed E-state index contributed by atoms with van der Waals surface area (Å²) in [6.45, 7) is 2.55. The lowest BCUT2D eigenvalue weighted by atomic mass is 9.97. The molecule has 3 heteroatoms. The highest BCUT2D eigenvalue weighted by atomic mass is 16.5. The minimum Gasteiger partial charge on any atom is -0.497 e. The van der Waals surface area contributed by atoms with Gasteiger partial charge in [0.15, 0.2) is 0 Å². The predicted octanol–water partition coefficient (Wildman–Crippen LogP) is 4.08. The third kappa shape index (κ3) is 4.25. The lowest BCUT2D eigenvalue weighted by Gasteiger charge is -2.12. The van der Waals surface area contributed by atoms with E-state index >= 15 is 0 Å². The van der Waals surface area contributed by atoms with Crippen molar-refractivity contribution in [2.75, 3.05) is 13.7 Å². The molecule has 3 nitrogen and oxygen atoms in total. The average molecular weight is 281 g/mol. The molecule has 0 heterocycles. The average Bonchev–Trinajstić information content (AvgIpc) is 2.53. The number of ether oxygens (including phenoxy) is 2. The molecule has 2 rings (SSSR count). The van der Waals surface area contributed by atoms with Crippen molar-refractivity contribution in [3.05, 3.63) is 59.7 Å². The molecule has 0 radical (unpaired) electrons. The normalized spacial score (nSPS) is 11.5. The van der Waals surface area contributed by atoms with Crippen molar-refractivity contribution in [2.24, 2.45) is 0 Å². The summed E-state index contributed by atoms with van der Waals surface area (Å²) in [6, 6.07) is 17.9. The lowest BCUT2D eigenvalue weighted by molar-refractivity contribution is 0.305. The number of methoxy groups -OCH3 is 1. The van der Waals surface area contributed by atoms with Gasteiger partial charge in [0.1, 0.15) is 11.5 Å². The van der Waals surface area contributed by atoms with Gasteiger partial charge in [0.05, 0.1) is 25.7 Å². The third-order valence-electron chi connectivity index (χ3n) is 3.35. The first-order chi connectivity index (χ1) is 10.2. The fraction of sp³-hybridized carbons (Fsp3) is 0.278. The van der Waals surface area contributed by atoms with Crippen LogP contribution in [0, 0.1) is 18.3 Å². The molecule has 21 heavy (non-hydrogen) atoms. The molecule has 0 aliphatic heterocycles. The van der Waals surface area contributed by atoms with E-state index in [1.54, 1.807) is 7.11 Å². The van der Waals surface area contributed by atoms with Crippen molar-refractivity contribution in [1.29, 1.82) is 5.26 Å². The lowest BCUT2D eigenvalue weighted by Crippen LogP contribution is -2.04. The fourth-order valence-electron chi connectivity index (χ4n) is 2.09. The fourth-order valence-corrected chi connectivity index (χ4v) is 2.09. The van der Waals surface area contributed by atoms with Crippen LogP contribution < -0.4 is 9.47 Å². The van der Waals surface area contributed by atoms with Crippen molar-refractivity contribution in [2.45, 2.75) is 19.3 Å². The number of rotatable bonds is 6. The van der Waals surface area contributed by atoms with E-state index < -0.39 is 0 Å². The molecule has 2 aromatic rings. The number of hydrogen-bond donors (Lipinski definition) is 0. The van der Waals surface area contributed by atoms with Crippen molar-refractivity contribution in [1.82, 2.24) is 0 Å². The van der Waals surface area contributed by atoms with Gasteiger partial charge in [-0.25, -0.2) is 0 Å². The maximum absolute atomic E-state index is 9.33. The molecule has 2 aromatic carbocycles. The number of nitrogens with zero attached hydrogens (tertiary/aromatic N) is 1. The monoisotopic (exact) mass is 281 g/mol. The summed E-state index contributed by atoms with van der Waals surface area (Å²) < 4.78 is 10.9. The Labute approximate surface area is 125 Å². The molecule has 0 amide bonds. The molecule has 0 aliphatic rings. The molecule has 0 aliphatic carbocycles. The minimum atomic E-state index is -0.189. The third-order valence-corrected chi connectivity index (χ3v) is 3.35. The second-order valence-corrected chi connectivity index (χ2v) is 4.91. The van der Waals surface area contributed by atoms with Crippen LogP contribution in [-0.4, -0.2) is 13.7 Å². The van der Waals surface area contributed by atoms with Gasteiger partial charge in [0, 0.05) is 6.42 Å². The van der Waals surface area contributed by atoms with Gasteiger partial charge in [-0.05, 0) is 36.8 Å². The Morgan fingerprint density at radius 2 is 1.86 bits per heavy atom. The molecule has 0 bridgehead atoms. The van der Waals surface area contributed by atoms with Crippen LogP contribution in [0.15, 0.2) is 48.5 Å². The molecule has 0 N–H and O–H groups in total. The van der Waals surface area contributed by atoms with Gasteiger partial charge in [-0.3, -0.25) is 0 Å². The van der Waals surface area contributed by atoms with Crippen LogP contribution in [0.2, 0.25) is 0 Å². The quantitative estimate of drug-likeness (QED) is 0.801. The van der Waals surface area contributed by atoms with E-state index in [0.717, 1.165) is 17.1 Å². The van der Waals surface area contributed by atoms with Crippen molar-refractivity contribution in [3.8, 4) is 17.6 Å². The zero-order valence-electron chi connectivity index (χ0n) is 12.4. The van der Waals surface area contributed by atoms with Crippen molar-refractivity contribution >= 4 is 0 Å². The van der Waals surface area contributed by atoms with E-state index in [0.29, 0.717) is 13.0 Å². The zero-order chi connectivity index (χ0) is 15.1. The second kappa shape index (κ2) is 7.35. The van der Waals surface area contributed by atoms with Gasteiger partial charge in [0.2, 0.25) is 0 Å². The van der Waals surface area contributed by atoms with Crippen molar-refractivity contribution < 1.29 is 9.47 Å². The van der Waals surface area contributed by atoms with Gasteiger partial charge in [-0.15, -0.1) is 0 Å².